The standard InChI is InChI=1S/C16H20N2O/c1-2-14(17)16(15-10-6-7-11-18-15)19-12-13-8-4-3-5-9-13/h3-11,14,16H,2,12,17H2,1H3. The fourth-order valence-electron chi connectivity index (χ4n) is 1.95. The third-order valence-corrected chi connectivity index (χ3v) is 3.11. The molecule has 2 aromatic rings. The number of hydrogen-bond donors (Lipinski definition) is 1. The highest BCUT2D eigenvalue weighted by molar-refractivity contribution is 5.14. The van der Waals surface area contributed by atoms with Crippen molar-refractivity contribution in [2.45, 2.75) is 32.1 Å². The summed E-state index contributed by atoms with van der Waals surface area (Å²) in [4.78, 5) is 4.36. The molecule has 0 aliphatic carbocycles. The Morgan fingerprint density at radius 2 is 1.84 bits per heavy atom. The van der Waals surface area contributed by atoms with E-state index in [1.54, 1.807) is 6.20 Å². The predicted molar refractivity (Wildman–Crippen MR) is 76.5 cm³/mol. The van der Waals surface area contributed by atoms with E-state index in [0.717, 1.165) is 17.7 Å². The van der Waals surface area contributed by atoms with E-state index in [1.807, 2.05) is 48.5 Å². The molecule has 3 nitrogen and oxygen atoms in total. The van der Waals surface area contributed by atoms with Gasteiger partial charge in [0.15, 0.2) is 0 Å². The van der Waals surface area contributed by atoms with E-state index in [2.05, 4.69) is 11.9 Å². The third kappa shape index (κ3) is 3.88. The molecule has 0 saturated carbocycles. The Bertz CT molecular complexity index is 473. The van der Waals surface area contributed by atoms with Crippen molar-refractivity contribution in [3.05, 3.63) is 66.0 Å². The Labute approximate surface area is 114 Å². The number of benzene rings is 1. The molecule has 0 fully saturated rings. The number of nitrogens with two attached hydrogens (primary N) is 1. The van der Waals surface area contributed by atoms with Gasteiger partial charge < -0.3 is 10.5 Å². The smallest absolute Gasteiger partial charge is 0.115 e. The molecule has 100 valence electrons. The van der Waals surface area contributed by atoms with Gasteiger partial charge in [0.1, 0.15) is 6.10 Å². The monoisotopic (exact) mass is 256 g/mol. The summed E-state index contributed by atoms with van der Waals surface area (Å²) < 4.78 is 5.98. The first-order chi connectivity index (χ1) is 9.31. The van der Waals surface area contributed by atoms with E-state index in [1.165, 1.54) is 0 Å². The van der Waals surface area contributed by atoms with Gasteiger partial charge >= 0.3 is 0 Å². The lowest BCUT2D eigenvalue weighted by molar-refractivity contribution is 0.0185. The minimum atomic E-state index is -0.161. The van der Waals surface area contributed by atoms with Crippen molar-refractivity contribution in [2.24, 2.45) is 5.73 Å². The first-order valence-corrected chi connectivity index (χ1v) is 6.63. The molecule has 1 aromatic carbocycles. The highest BCUT2D eigenvalue weighted by Crippen LogP contribution is 2.21. The normalized spacial score (nSPS) is 14.0. The van der Waals surface area contributed by atoms with Gasteiger partial charge in [-0.3, -0.25) is 4.98 Å². The summed E-state index contributed by atoms with van der Waals surface area (Å²) in [5, 5.41) is 0. The van der Waals surface area contributed by atoms with Gasteiger partial charge in [0, 0.05) is 12.2 Å². The van der Waals surface area contributed by atoms with Crippen LogP contribution in [0.4, 0.5) is 0 Å². The van der Waals surface area contributed by atoms with Crippen molar-refractivity contribution in [1.29, 1.82) is 0 Å². The van der Waals surface area contributed by atoms with Gasteiger partial charge in [0.25, 0.3) is 0 Å². The van der Waals surface area contributed by atoms with Crippen LogP contribution in [0.15, 0.2) is 54.7 Å². The van der Waals surface area contributed by atoms with E-state index in [4.69, 9.17) is 10.5 Å². The number of nitrogens with zero attached hydrogens (tertiary/aromatic N) is 1. The summed E-state index contributed by atoms with van der Waals surface area (Å²) in [6, 6.07) is 15.9. The molecule has 0 amide bonds. The molecule has 0 radical (unpaired) electrons. The van der Waals surface area contributed by atoms with Crippen LogP contribution in [0.3, 0.4) is 0 Å². The second-order valence-electron chi connectivity index (χ2n) is 4.54. The van der Waals surface area contributed by atoms with E-state index in [0.29, 0.717) is 6.61 Å². The fraction of sp³-hybridized carbons (Fsp3) is 0.312. The molecule has 1 aromatic heterocycles. The minimum Gasteiger partial charge on any atom is -0.366 e. The molecule has 2 N–H and O–H groups in total. The number of rotatable bonds is 6. The largest absolute Gasteiger partial charge is 0.366 e. The van der Waals surface area contributed by atoms with E-state index >= 15 is 0 Å². The van der Waals surface area contributed by atoms with Crippen LogP contribution in [0.1, 0.15) is 30.7 Å². The highest BCUT2D eigenvalue weighted by Gasteiger charge is 2.20. The summed E-state index contributed by atoms with van der Waals surface area (Å²) in [5.74, 6) is 0. The highest BCUT2D eigenvalue weighted by atomic mass is 16.5. The first kappa shape index (κ1) is 13.7. The molecular weight excluding hydrogens is 236 g/mol. The van der Waals surface area contributed by atoms with Crippen LogP contribution in [0.2, 0.25) is 0 Å². The second kappa shape index (κ2) is 7.02. The number of aromatic nitrogens is 1. The molecule has 19 heavy (non-hydrogen) atoms. The molecule has 2 unspecified atom stereocenters. The Hall–Kier alpha value is -1.71. The molecule has 3 heteroatoms. The summed E-state index contributed by atoms with van der Waals surface area (Å²) >= 11 is 0. The van der Waals surface area contributed by atoms with Gasteiger partial charge in [-0.05, 0) is 24.1 Å². The predicted octanol–water partition coefficient (Wildman–Crippen LogP) is 3.08. The maximum atomic E-state index is 6.15. The van der Waals surface area contributed by atoms with Crippen LogP contribution in [-0.2, 0) is 11.3 Å². The van der Waals surface area contributed by atoms with Gasteiger partial charge in [-0.15, -0.1) is 0 Å². The second-order valence-corrected chi connectivity index (χ2v) is 4.54. The average molecular weight is 256 g/mol. The molecule has 0 aliphatic rings. The molecule has 2 rings (SSSR count). The molecule has 0 bridgehead atoms. The fourth-order valence-corrected chi connectivity index (χ4v) is 1.95. The molecule has 0 aliphatic heterocycles. The molecule has 0 saturated heterocycles. The minimum absolute atomic E-state index is 0.0430. The summed E-state index contributed by atoms with van der Waals surface area (Å²) in [5.41, 5.74) is 8.19. The Morgan fingerprint density at radius 1 is 1.11 bits per heavy atom. The maximum absolute atomic E-state index is 6.15. The number of ether oxygens (including phenoxy) is 1. The van der Waals surface area contributed by atoms with Crippen molar-refractivity contribution in [3.8, 4) is 0 Å². The molecule has 0 spiro atoms. The maximum Gasteiger partial charge on any atom is 0.115 e. The zero-order valence-corrected chi connectivity index (χ0v) is 11.2. The first-order valence-electron chi connectivity index (χ1n) is 6.63. The van der Waals surface area contributed by atoms with Crippen molar-refractivity contribution in [2.75, 3.05) is 0 Å². The van der Waals surface area contributed by atoms with Gasteiger partial charge in [-0.2, -0.15) is 0 Å². The summed E-state index contributed by atoms with van der Waals surface area (Å²) in [7, 11) is 0. The summed E-state index contributed by atoms with van der Waals surface area (Å²) in [6.07, 6.45) is 2.47. The van der Waals surface area contributed by atoms with Crippen molar-refractivity contribution >= 4 is 0 Å². The van der Waals surface area contributed by atoms with Gasteiger partial charge in [0.2, 0.25) is 0 Å². The van der Waals surface area contributed by atoms with E-state index in [9.17, 15) is 0 Å². The zero-order chi connectivity index (χ0) is 13.5. The number of pyridine rings is 1. The average Bonchev–Trinajstić information content (AvgIpc) is 2.49. The van der Waals surface area contributed by atoms with Crippen LogP contribution < -0.4 is 5.73 Å². The Kier molecular flexibility index (Phi) is 5.07. The van der Waals surface area contributed by atoms with Crippen LogP contribution in [0, 0.1) is 0 Å². The van der Waals surface area contributed by atoms with E-state index < -0.39 is 0 Å². The Balaban J connectivity index is 2.07. The van der Waals surface area contributed by atoms with Crippen LogP contribution >= 0.6 is 0 Å². The topological polar surface area (TPSA) is 48.1 Å². The van der Waals surface area contributed by atoms with Gasteiger partial charge in [-0.1, -0.05) is 43.3 Å². The lowest BCUT2D eigenvalue weighted by atomic mass is 10.1. The molecule has 2 atom stereocenters. The van der Waals surface area contributed by atoms with Crippen LogP contribution in [-0.4, -0.2) is 11.0 Å². The molecule has 1 heterocycles. The van der Waals surface area contributed by atoms with Crippen LogP contribution in [0.25, 0.3) is 0 Å². The van der Waals surface area contributed by atoms with E-state index in [-0.39, 0.29) is 12.1 Å². The quantitative estimate of drug-likeness (QED) is 0.864. The van der Waals surface area contributed by atoms with Crippen molar-refractivity contribution in [1.82, 2.24) is 4.98 Å². The summed E-state index contributed by atoms with van der Waals surface area (Å²) in [6.45, 7) is 2.61. The lowest BCUT2D eigenvalue weighted by Crippen LogP contribution is -2.30. The zero-order valence-electron chi connectivity index (χ0n) is 11.2. The SMILES string of the molecule is CCC(N)C(OCc1ccccc1)c1ccccn1. The molecular formula is C16H20N2O. The lowest BCUT2D eigenvalue weighted by Gasteiger charge is -2.23. The Morgan fingerprint density at radius 3 is 2.47 bits per heavy atom. The third-order valence-electron chi connectivity index (χ3n) is 3.11. The van der Waals surface area contributed by atoms with Crippen molar-refractivity contribution in [3.63, 3.8) is 0 Å². The number of hydrogen-bond acceptors (Lipinski definition) is 3. The van der Waals surface area contributed by atoms with Crippen LogP contribution in [0.5, 0.6) is 0 Å². The van der Waals surface area contributed by atoms with Gasteiger partial charge in [0.05, 0.1) is 12.3 Å². The van der Waals surface area contributed by atoms with Gasteiger partial charge in [-0.25, -0.2) is 0 Å². The van der Waals surface area contributed by atoms with Crippen molar-refractivity contribution < 1.29 is 4.74 Å².